The van der Waals surface area contributed by atoms with Gasteiger partial charge in [-0.3, -0.25) is 9.78 Å². The molecule has 1 aromatic carbocycles. The molecule has 0 unspecified atom stereocenters. The molecule has 0 radical (unpaired) electrons. The number of aryl methyl sites for hydroxylation is 2. The van der Waals surface area contributed by atoms with Gasteiger partial charge in [-0.2, -0.15) is 0 Å². The van der Waals surface area contributed by atoms with Crippen molar-refractivity contribution in [1.29, 1.82) is 0 Å². The SMILES string of the molecule is CCn1c(C)cc([C@@H]2[C@@H](c3ccccn3)NC(=S)N2CCC(=O)Nc2ccc(C)cc2)c1C. The fourth-order valence-corrected chi connectivity index (χ4v) is 5.01. The van der Waals surface area contributed by atoms with Crippen LogP contribution in [-0.2, 0) is 11.3 Å². The monoisotopic (exact) mass is 461 g/mol. The zero-order valence-electron chi connectivity index (χ0n) is 19.6. The fourth-order valence-electron chi connectivity index (χ4n) is 4.68. The lowest BCUT2D eigenvalue weighted by molar-refractivity contribution is -0.116. The van der Waals surface area contributed by atoms with Crippen LogP contribution < -0.4 is 10.6 Å². The minimum atomic E-state index is -0.0790. The topological polar surface area (TPSA) is 62.2 Å². The molecule has 2 N–H and O–H groups in total. The lowest BCUT2D eigenvalue weighted by Gasteiger charge is -2.28. The van der Waals surface area contributed by atoms with Gasteiger partial charge in [-0.05, 0) is 75.8 Å². The van der Waals surface area contributed by atoms with Gasteiger partial charge in [-0.1, -0.05) is 23.8 Å². The van der Waals surface area contributed by atoms with Crippen molar-refractivity contribution in [3.05, 3.63) is 82.9 Å². The van der Waals surface area contributed by atoms with Gasteiger partial charge in [0, 0.05) is 42.8 Å². The summed E-state index contributed by atoms with van der Waals surface area (Å²) in [7, 11) is 0. The molecule has 3 heterocycles. The van der Waals surface area contributed by atoms with E-state index in [-0.39, 0.29) is 18.0 Å². The van der Waals surface area contributed by atoms with Crippen LogP contribution in [-0.4, -0.2) is 32.0 Å². The van der Waals surface area contributed by atoms with Gasteiger partial charge < -0.3 is 20.1 Å². The molecule has 172 valence electrons. The predicted octanol–water partition coefficient (Wildman–Crippen LogP) is 4.83. The number of hydrogen-bond acceptors (Lipinski definition) is 3. The molecule has 6 nitrogen and oxygen atoms in total. The highest BCUT2D eigenvalue weighted by Crippen LogP contribution is 2.40. The molecule has 3 aromatic rings. The molecule has 0 saturated carbocycles. The molecule has 0 spiro atoms. The quantitative estimate of drug-likeness (QED) is 0.494. The molecule has 7 heteroatoms. The number of hydrogen-bond donors (Lipinski definition) is 2. The Labute approximate surface area is 201 Å². The van der Waals surface area contributed by atoms with Gasteiger partial charge in [-0.15, -0.1) is 0 Å². The van der Waals surface area contributed by atoms with E-state index in [0.717, 1.165) is 23.5 Å². The first kappa shape index (κ1) is 23.0. The molecule has 33 heavy (non-hydrogen) atoms. The number of rotatable bonds is 7. The van der Waals surface area contributed by atoms with E-state index in [2.05, 4.69) is 51.9 Å². The van der Waals surface area contributed by atoms with Crippen molar-refractivity contribution in [2.45, 2.75) is 52.7 Å². The number of pyridine rings is 1. The average Bonchev–Trinajstić information content (AvgIpc) is 3.29. The third kappa shape index (κ3) is 4.78. The molecule has 1 aliphatic heterocycles. The van der Waals surface area contributed by atoms with Crippen LogP contribution in [0.15, 0.2) is 54.7 Å². The van der Waals surface area contributed by atoms with Gasteiger partial charge in [-0.25, -0.2) is 0 Å². The van der Waals surface area contributed by atoms with Gasteiger partial charge in [0.15, 0.2) is 5.11 Å². The highest BCUT2D eigenvalue weighted by Gasteiger charge is 2.41. The molecular formula is C26H31N5OS. The second kappa shape index (κ2) is 9.75. The maximum absolute atomic E-state index is 12.7. The third-order valence-electron chi connectivity index (χ3n) is 6.36. The van der Waals surface area contributed by atoms with Gasteiger partial charge in [0.05, 0.1) is 17.8 Å². The van der Waals surface area contributed by atoms with Crippen molar-refractivity contribution in [1.82, 2.24) is 19.8 Å². The molecule has 0 bridgehead atoms. The van der Waals surface area contributed by atoms with Crippen LogP contribution in [0.4, 0.5) is 5.69 Å². The molecule has 2 atom stereocenters. The molecule has 4 rings (SSSR count). The number of anilines is 1. The van der Waals surface area contributed by atoms with Gasteiger partial charge in [0.2, 0.25) is 5.91 Å². The number of carbonyl (C=O) groups is 1. The summed E-state index contributed by atoms with van der Waals surface area (Å²) in [6.45, 7) is 9.91. The number of thiocarbonyl (C=S) groups is 1. The van der Waals surface area contributed by atoms with E-state index in [1.165, 1.54) is 17.0 Å². The van der Waals surface area contributed by atoms with Gasteiger partial charge in [0.25, 0.3) is 0 Å². The maximum atomic E-state index is 12.7. The van der Waals surface area contributed by atoms with Crippen LogP contribution in [0.2, 0.25) is 0 Å². The van der Waals surface area contributed by atoms with Crippen LogP contribution >= 0.6 is 12.2 Å². The first-order chi connectivity index (χ1) is 15.9. The Kier molecular flexibility index (Phi) is 6.79. The zero-order valence-corrected chi connectivity index (χ0v) is 20.4. The minimum absolute atomic E-state index is 0.0271. The van der Waals surface area contributed by atoms with E-state index in [0.29, 0.717) is 18.1 Å². The fraction of sp³-hybridized carbons (Fsp3) is 0.346. The standard InChI is InChI=1S/C26H31N5OS/c1-5-30-18(3)16-21(19(30)4)25-24(22-8-6-7-14-27-22)29-26(33)31(25)15-13-23(32)28-20-11-9-17(2)10-12-20/h6-12,14,16,24-25H,5,13,15H2,1-4H3,(H,28,32)(H,29,33)/t24-,25-/m1/s1. The molecule has 1 fully saturated rings. The van der Waals surface area contributed by atoms with Crippen molar-refractivity contribution in [2.75, 3.05) is 11.9 Å². The normalized spacial score (nSPS) is 17.8. The highest BCUT2D eigenvalue weighted by molar-refractivity contribution is 7.80. The summed E-state index contributed by atoms with van der Waals surface area (Å²) >= 11 is 5.75. The summed E-state index contributed by atoms with van der Waals surface area (Å²) in [5, 5.41) is 7.12. The van der Waals surface area contributed by atoms with Crippen molar-refractivity contribution in [3.8, 4) is 0 Å². The third-order valence-corrected chi connectivity index (χ3v) is 6.71. The minimum Gasteiger partial charge on any atom is -0.352 e. The van der Waals surface area contributed by atoms with E-state index in [4.69, 9.17) is 12.2 Å². The second-order valence-corrected chi connectivity index (χ2v) is 8.94. The largest absolute Gasteiger partial charge is 0.352 e. The van der Waals surface area contributed by atoms with Crippen molar-refractivity contribution in [3.63, 3.8) is 0 Å². The van der Waals surface area contributed by atoms with Crippen molar-refractivity contribution in [2.24, 2.45) is 0 Å². The van der Waals surface area contributed by atoms with Gasteiger partial charge in [0.1, 0.15) is 0 Å². The molecular weight excluding hydrogens is 430 g/mol. The van der Waals surface area contributed by atoms with E-state index >= 15 is 0 Å². The first-order valence-electron chi connectivity index (χ1n) is 11.4. The summed E-state index contributed by atoms with van der Waals surface area (Å²) in [6, 6.07) is 15.9. The average molecular weight is 462 g/mol. The number of benzene rings is 1. The molecule has 1 amide bonds. The first-order valence-corrected chi connectivity index (χ1v) is 11.8. The summed E-state index contributed by atoms with van der Waals surface area (Å²) in [6.07, 6.45) is 2.15. The van der Waals surface area contributed by atoms with E-state index < -0.39 is 0 Å². The predicted molar refractivity (Wildman–Crippen MR) is 136 cm³/mol. The Balaban J connectivity index is 1.59. The lowest BCUT2D eigenvalue weighted by Crippen LogP contribution is -2.32. The number of amides is 1. The molecule has 2 aromatic heterocycles. The van der Waals surface area contributed by atoms with Crippen LogP contribution in [0.3, 0.4) is 0 Å². The van der Waals surface area contributed by atoms with Crippen LogP contribution in [0.1, 0.15) is 53.6 Å². The molecule has 1 aliphatic rings. The smallest absolute Gasteiger partial charge is 0.226 e. The Bertz CT molecular complexity index is 1140. The second-order valence-electron chi connectivity index (χ2n) is 8.55. The summed E-state index contributed by atoms with van der Waals surface area (Å²) in [4.78, 5) is 19.5. The van der Waals surface area contributed by atoms with E-state index in [1.807, 2.05) is 55.6 Å². The Morgan fingerprint density at radius 3 is 2.55 bits per heavy atom. The Morgan fingerprint density at radius 2 is 1.91 bits per heavy atom. The molecule has 0 aliphatic carbocycles. The van der Waals surface area contributed by atoms with Crippen molar-refractivity contribution < 1.29 is 4.79 Å². The summed E-state index contributed by atoms with van der Waals surface area (Å²) in [5.41, 5.74) is 6.58. The maximum Gasteiger partial charge on any atom is 0.226 e. The van der Waals surface area contributed by atoms with E-state index in [9.17, 15) is 4.79 Å². The van der Waals surface area contributed by atoms with Gasteiger partial charge >= 0.3 is 0 Å². The van der Waals surface area contributed by atoms with Crippen LogP contribution in [0.25, 0.3) is 0 Å². The van der Waals surface area contributed by atoms with Crippen LogP contribution in [0, 0.1) is 20.8 Å². The van der Waals surface area contributed by atoms with Crippen LogP contribution in [0.5, 0.6) is 0 Å². The summed E-state index contributed by atoms with van der Waals surface area (Å²) < 4.78 is 2.31. The lowest BCUT2D eigenvalue weighted by atomic mass is 9.96. The number of aromatic nitrogens is 2. The Morgan fingerprint density at radius 1 is 1.15 bits per heavy atom. The summed E-state index contributed by atoms with van der Waals surface area (Å²) in [5.74, 6) is -0.0271. The number of carbonyl (C=O) groups excluding carboxylic acids is 1. The Hall–Kier alpha value is -3.19. The zero-order chi connectivity index (χ0) is 23.5. The van der Waals surface area contributed by atoms with E-state index in [1.54, 1.807) is 0 Å². The number of nitrogens with one attached hydrogen (secondary N) is 2. The molecule has 1 saturated heterocycles. The highest BCUT2D eigenvalue weighted by atomic mass is 32.1. The van der Waals surface area contributed by atoms with Crippen molar-refractivity contribution >= 4 is 28.9 Å². The number of nitrogens with zero attached hydrogens (tertiary/aromatic N) is 3.